The number of ether oxygens (including phenoxy) is 5. The fourth-order valence-electron chi connectivity index (χ4n) is 10.4. The Hall–Kier alpha value is -3.31. The summed E-state index contributed by atoms with van der Waals surface area (Å²) in [6.07, 6.45) is 1.09. The minimum atomic E-state index is -1.32. The van der Waals surface area contributed by atoms with Crippen LogP contribution in [0.15, 0.2) is 59.2 Å². The van der Waals surface area contributed by atoms with Gasteiger partial charge >= 0.3 is 17.9 Å². The van der Waals surface area contributed by atoms with Gasteiger partial charge in [0, 0.05) is 58.6 Å². The fraction of sp³-hybridized carbons (Fsp3) is 0.583. The molecule has 0 amide bonds. The van der Waals surface area contributed by atoms with E-state index in [9.17, 15) is 24.6 Å². The van der Waals surface area contributed by atoms with Crippen LogP contribution in [0.25, 0.3) is 6.08 Å². The number of benzene rings is 1. The molecule has 10 nitrogen and oxygen atoms in total. The summed E-state index contributed by atoms with van der Waals surface area (Å²) in [5.74, 6) is -2.51. The molecule has 7 rings (SSSR count). The highest BCUT2D eigenvalue weighted by molar-refractivity contribution is 5.87. The van der Waals surface area contributed by atoms with Gasteiger partial charge in [0.1, 0.15) is 6.10 Å². The number of aliphatic hydroxyl groups excluding tert-OH is 2. The highest BCUT2D eigenvalue weighted by Gasteiger charge is 2.78. The number of hydrogen-bond donors (Lipinski definition) is 2. The number of methoxy groups -OCH3 is 1. The first-order valence-corrected chi connectivity index (χ1v) is 16.1. The van der Waals surface area contributed by atoms with E-state index < -0.39 is 70.8 Å². The van der Waals surface area contributed by atoms with Gasteiger partial charge in [0.2, 0.25) is 6.29 Å². The Balaban J connectivity index is 1.34. The number of carbonyl (C=O) groups is 3. The second kappa shape index (κ2) is 10.9. The summed E-state index contributed by atoms with van der Waals surface area (Å²) in [7, 11) is 1.37. The van der Waals surface area contributed by atoms with E-state index in [4.69, 9.17) is 23.7 Å². The summed E-state index contributed by atoms with van der Waals surface area (Å²) in [6, 6.07) is 9.45. The smallest absolute Gasteiger partial charge is 0.333 e. The van der Waals surface area contributed by atoms with Gasteiger partial charge in [-0.2, -0.15) is 0 Å². The quantitative estimate of drug-likeness (QED) is 0.207. The zero-order valence-corrected chi connectivity index (χ0v) is 26.8. The number of esters is 3. The first-order chi connectivity index (χ1) is 21.8. The molecule has 6 aliphatic rings. The highest BCUT2D eigenvalue weighted by atomic mass is 16.6. The summed E-state index contributed by atoms with van der Waals surface area (Å²) in [6.45, 7) is 8.49. The van der Waals surface area contributed by atoms with Crippen LogP contribution in [0.2, 0.25) is 0 Å². The van der Waals surface area contributed by atoms with Gasteiger partial charge in [-0.15, -0.1) is 0 Å². The Morgan fingerprint density at radius 2 is 1.85 bits per heavy atom. The van der Waals surface area contributed by atoms with Crippen molar-refractivity contribution in [1.29, 1.82) is 0 Å². The number of hydrogen-bond acceptors (Lipinski definition) is 10. The zero-order valence-electron chi connectivity index (χ0n) is 26.8. The molecule has 1 aromatic carbocycles. The molecule has 2 saturated heterocycles. The highest BCUT2D eigenvalue weighted by Crippen LogP contribution is 2.73. The minimum absolute atomic E-state index is 0.0355. The second-order valence-corrected chi connectivity index (χ2v) is 14.5. The zero-order chi connectivity index (χ0) is 32.8. The largest absolute Gasteiger partial charge is 0.469 e. The molecule has 246 valence electrons. The maximum absolute atomic E-state index is 13.4. The molecule has 0 aromatic heterocycles. The van der Waals surface area contributed by atoms with Crippen molar-refractivity contribution in [2.45, 2.75) is 83.8 Å². The summed E-state index contributed by atoms with van der Waals surface area (Å²) in [4.78, 5) is 38.7. The van der Waals surface area contributed by atoms with E-state index in [1.807, 2.05) is 44.2 Å². The predicted molar refractivity (Wildman–Crippen MR) is 163 cm³/mol. The Kier molecular flexibility index (Phi) is 7.40. The Morgan fingerprint density at radius 3 is 2.52 bits per heavy atom. The molecule has 10 heteroatoms. The molecular formula is C36H42O10. The molecule has 3 heterocycles. The Labute approximate surface area is 268 Å². The van der Waals surface area contributed by atoms with Crippen molar-refractivity contribution in [3.05, 3.63) is 64.8 Å². The van der Waals surface area contributed by atoms with Gasteiger partial charge in [0.25, 0.3) is 0 Å². The topological polar surface area (TPSA) is 138 Å². The van der Waals surface area contributed by atoms with Gasteiger partial charge in [0.15, 0.2) is 0 Å². The lowest BCUT2D eigenvalue weighted by atomic mass is 9.40. The molecule has 4 fully saturated rings. The average molecular weight is 635 g/mol. The molecular weight excluding hydrogens is 592 g/mol. The molecule has 3 aliphatic carbocycles. The van der Waals surface area contributed by atoms with Crippen LogP contribution < -0.4 is 0 Å². The molecule has 0 spiro atoms. The van der Waals surface area contributed by atoms with Crippen LogP contribution in [-0.2, 0) is 38.1 Å². The number of cyclic esters (lactones) is 1. The maximum Gasteiger partial charge on any atom is 0.333 e. The van der Waals surface area contributed by atoms with Gasteiger partial charge < -0.3 is 33.9 Å². The van der Waals surface area contributed by atoms with Crippen LogP contribution in [0, 0.1) is 34.0 Å². The molecule has 46 heavy (non-hydrogen) atoms. The Morgan fingerprint density at radius 1 is 1.11 bits per heavy atom. The summed E-state index contributed by atoms with van der Waals surface area (Å²) in [5, 5.41) is 22.2. The van der Waals surface area contributed by atoms with E-state index in [1.165, 1.54) is 19.3 Å². The van der Waals surface area contributed by atoms with Gasteiger partial charge in [0.05, 0.1) is 38.1 Å². The predicted octanol–water partition coefficient (Wildman–Crippen LogP) is 3.51. The number of fused-ring (bicyclic) bond motifs is 4. The van der Waals surface area contributed by atoms with Crippen LogP contribution in [0.5, 0.6) is 0 Å². The van der Waals surface area contributed by atoms with E-state index in [1.54, 1.807) is 6.08 Å². The molecule has 1 unspecified atom stereocenters. The average Bonchev–Trinajstić information content (AvgIpc) is 3.74. The molecule has 2 saturated carbocycles. The number of aliphatic hydroxyl groups is 2. The monoisotopic (exact) mass is 634 g/mol. The number of allylic oxidation sites excluding steroid dienone is 1. The molecule has 0 radical (unpaired) electrons. The second-order valence-electron chi connectivity index (χ2n) is 14.5. The van der Waals surface area contributed by atoms with Crippen molar-refractivity contribution in [3.63, 3.8) is 0 Å². The van der Waals surface area contributed by atoms with Crippen molar-refractivity contribution in [2.24, 2.45) is 34.0 Å². The normalized spacial score (nSPS) is 44.0. The molecule has 12 atom stereocenters. The van der Waals surface area contributed by atoms with E-state index in [2.05, 4.69) is 13.8 Å². The van der Waals surface area contributed by atoms with E-state index in [0.717, 1.165) is 16.7 Å². The van der Waals surface area contributed by atoms with E-state index in [0.29, 0.717) is 18.6 Å². The van der Waals surface area contributed by atoms with Gasteiger partial charge in [-0.3, -0.25) is 4.79 Å². The lowest BCUT2D eigenvalue weighted by Crippen LogP contribution is -2.70. The van der Waals surface area contributed by atoms with Gasteiger partial charge in [-0.05, 0) is 36.5 Å². The number of carbonyl (C=O) groups excluding carboxylic acids is 3. The van der Waals surface area contributed by atoms with E-state index >= 15 is 0 Å². The Bertz CT molecular complexity index is 1550. The first kappa shape index (κ1) is 31.3. The van der Waals surface area contributed by atoms with Crippen LogP contribution in [0.3, 0.4) is 0 Å². The van der Waals surface area contributed by atoms with Crippen molar-refractivity contribution in [2.75, 3.05) is 13.7 Å². The van der Waals surface area contributed by atoms with Crippen molar-refractivity contribution in [1.82, 2.24) is 0 Å². The van der Waals surface area contributed by atoms with Gasteiger partial charge in [-0.1, -0.05) is 56.7 Å². The summed E-state index contributed by atoms with van der Waals surface area (Å²) >= 11 is 0. The molecule has 3 aliphatic heterocycles. The third-order valence-corrected chi connectivity index (χ3v) is 12.4. The van der Waals surface area contributed by atoms with Crippen LogP contribution in [-0.4, -0.2) is 78.6 Å². The fourth-order valence-corrected chi connectivity index (χ4v) is 10.4. The lowest BCUT2D eigenvalue weighted by Gasteiger charge is -2.65. The third kappa shape index (κ3) is 4.33. The lowest BCUT2D eigenvalue weighted by molar-refractivity contribution is -0.248. The van der Waals surface area contributed by atoms with Crippen molar-refractivity contribution in [3.8, 4) is 0 Å². The summed E-state index contributed by atoms with van der Waals surface area (Å²) < 4.78 is 30.1. The minimum Gasteiger partial charge on any atom is -0.469 e. The maximum atomic E-state index is 13.4. The van der Waals surface area contributed by atoms with Crippen LogP contribution in [0.4, 0.5) is 0 Å². The molecule has 0 bridgehead atoms. The van der Waals surface area contributed by atoms with Crippen LogP contribution >= 0.6 is 0 Å². The van der Waals surface area contributed by atoms with E-state index in [-0.39, 0.29) is 30.8 Å². The first-order valence-electron chi connectivity index (χ1n) is 16.1. The molecule has 2 N–H and O–H groups in total. The number of rotatable bonds is 6. The standard InChI is InChI=1S/C36H42O10/c1-18-20(21-14-28(40)46-33(21)41)13-22-29(18)36(4)23(15-27(39)42-5)35(3)25(45-26(38)12-11-19-9-7-6-8-10-19)16-24(37)34(2)17-43-30(31(34)35)32(36)44-22/h6-12,14,20,22-25,30-33,37,41H,13,15-17H2,1-5H3/b12-11+/t20-,22-,23-,24-,25+,30-,31+,32-,33?,34-,35+,36-/m1/s1. The van der Waals surface area contributed by atoms with Crippen molar-refractivity contribution < 1.29 is 48.3 Å². The molecule has 1 aromatic rings. The van der Waals surface area contributed by atoms with Crippen molar-refractivity contribution >= 4 is 24.0 Å². The SMILES string of the molecule is COC(=O)C[C@H]1[C@]2(C)C3=C(C)[C@H](C4=CC(=O)OC4O)C[C@H]3O[C@@H]2[C@@H]2OC[C@]3(C)[C@H](O)C[C@H](OC(=O)/C=C/c4ccccc4)[C@@]1(C)[C@@H]23. The third-order valence-electron chi connectivity index (χ3n) is 12.4. The van der Waals surface area contributed by atoms with Crippen LogP contribution in [0.1, 0.15) is 52.5 Å². The summed E-state index contributed by atoms with van der Waals surface area (Å²) in [5.41, 5.74) is 1.07. The van der Waals surface area contributed by atoms with Gasteiger partial charge in [-0.25, -0.2) is 9.59 Å².